The van der Waals surface area contributed by atoms with Gasteiger partial charge in [0.2, 0.25) is 0 Å². The normalized spacial score (nSPS) is 20.3. The molecule has 2 fully saturated rings. The van der Waals surface area contributed by atoms with Gasteiger partial charge in [0.15, 0.2) is 5.16 Å². The number of aromatic nitrogens is 3. The first kappa shape index (κ1) is 11.6. The fourth-order valence-electron chi connectivity index (χ4n) is 1.94. The first-order valence-corrected chi connectivity index (χ1v) is 7.70. The summed E-state index contributed by atoms with van der Waals surface area (Å²) in [6.07, 6.45) is 9.25. The molecule has 0 bridgehead atoms. The Hall–Kier alpha value is -0.480. The first-order chi connectivity index (χ1) is 8.40. The summed E-state index contributed by atoms with van der Waals surface area (Å²) in [5, 5.41) is 9.82. The van der Waals surface area contributed by atoms with E-state index in [9.17, 15) is 0 Å². The molecule has 0 N–H and O–H groups in total. The van der Waals surface area contributed by atoms with Gasteiger partial charge in [-0.3, -0.25) is 0 Å². The lowest BCUT2D eigenvalue weighted by molar-refractivity contribution is 0.627. The quantitative estimate of drug-likeness (QED) is 0.451. The van der Waals surface area contributed by atoms with Gasteiger partial charge in [0.05, 0.1) is 0 Å². The molecule has 92 valence electrons. The molecule has 0 saturated heterocycles. The largest absolute Gasteiger partial charge is 0.303 e. The summed E-state index contributed by atoms with van der Waals surface area (Å²) in [6.45, 7) is 0. The van der Waals surface area contributed by atoms with Gasteiger partial charge < -0.3 is 4.57 Å². The Morgan fingerprint density at radius 3 is 2.71 bits per heavy atom. The molecular weight excluding hydrogens is 254 g/mol. The number of hydrogen-bond acceptors (Lipinski definition) is 3. The van der Waals surface area contributed by atoms with Gasteiger partial charge >= 0.3 is 0 Å². The minimum Gasteiger partial charge on any atom is -0.303 e. The molecule has 1 aromatic rings. The van der Waals surface area contributed by atoms with Gasteiger partial charge in [-0.1, -0.05) is 23.9 Å². The number of nitrogens with zero attached hydrogens (tertiary/aromatic N) is 3. The topological polar surface area (TPSA) is 30.7 Å². The standard InChI is InChI=1S/C12H16ClN3S/c13-7-1-2-8-17-12-15-14-11(9-3-4-9)16(12)10-5-6-10/h1-2,9-10H,3-8H2. The van der Waals surface area contributed by atoms with Gasteiger partial charge in [0, 0.05) is 23.6 Å². The summed E-state index contributed by atoms with van der Waals surface area (Å²) in [5.74, 6) is 3.44. The van der Waals surface area contributed by atoms with Crippen molar-refractivity contribution < 1.29 is 0 Å². The zero-order chi connectivity index (χ0) is 11.7. The molecule has 17 heavy (non-hydrogen) atoms. The molecule has 1 aromatic heterocycles. The fourth-order valence-corrected chi connectivity index (χ4v) is 2.92. The molecule has 0 spiro atoms. The predicted molar refractivity (Wildman–Crippen MR) is 70.9 cm³/mol. The van der Waals surface area contributed by atoms with E-state index in [1.54, 1.807) is 11.8 Å². The summed E-state index contributed by atoms with van der Waals surface area (Å²) < 4.78 is 2.39. The third kappa shape index (κ3) is 2.68. The smallest absolute Gasteiger partial charge is 0.191 e. The lowest BCUT2D eigenvalue weighted by Gasteiger charge is -2.06. The van der Waals surface area contributed by atoms with Gasteiger partial charge in [0.1, 0.15) is 5.82 Å². The molecule has 0 atom stereocenters. The van der Waals surface area contributed by atoms with Crippen LogP contribution in [-0.2, 0) is 0 Å². The molecule has 5 heteroatoms. The van der Waals surface area contributed by atoms with E-state index in [2.05, 4.69) is 20.8 Å². The number of hydrogen-bond donors (Lipinski definition) is 0. The highest BCUT2D eigenvalue weighted by molar-refractivity contribution is 7.99. The average Bonchev–Trinajstić information content (AvgIpc) is 3.23. The van der Waals surface area contributed by atoms with Crippen LogP contribution in [0.15, 0.2) is 17.3 Å². The Morgan fingerprint density at radius 2 is 2.06 bits per heavy atom. The van der Waals surface area contributed by atoms with E-state index in [1.165, 1.54) is 31.5 Å². The van der Waals surface area contributed by atoms with E-state index in [0.717, 1.165) is 10.9 Å². The Labute approximate surface area is 111 Å². The van der Waals surface area contributed by atoms with Crippen molar-refractivity contribution in [3.63, 3.8) is 0 Å². The lowest BCUT2D eigenvalue weighted by atomic mass is 10.4. The monoisotopic (exact) mass is 269 g/mol. The molecule has 0 aromatic carbocycles. The second-order valence-electron chi connectivity index (χ2n) is 4.65. The first-order valence-electron chi connectivity index (χ1n) is 6.18. The van der Waals surface area contributed by atoms with E-state index in [1.807, 2.05) is 6.08 Å². The van der Waals surface area contributed by atoms with Crippen molar-refractivity contribution in [1.82, 2.24) is 14.8 Å². The van der Waals surface area contributed by atoms with Gasteiger partial charge in [-0.05, 0) is 25.7 Å². The summed E-state index contributed by atoms with van der Waals surface area (Å²) in [7, 11) is 0. The van der Waals surface area contributed by atoms with Gasteiger partial charge in [-0.25, -0.2) is 0 Å². The van der Waals surface area contributed by atoms with E-state index in [4.69, 9.17) is 11.6 Å². The third-order valence-electron chi connectivity index (χ3n) is 3.11. The van der Waals surface area contributed by atoms with Crippen molar-refractivity contribution in [3.8, 4) is 0 Å². The highest BCUT2D eigenvalue weighted by Crippen LogP contribution is 2.45. The van der Waals surface area contributed by atoms with Crippen LogP contribution in [0.4, 0.5) is 0 Å². The Morgan fingerprint density at radius 1 is 1.24 bits per heavy atom. The maximum Gasteiger partial charge on any atom is 0.191 e. The van der Waals surface area contributed by atoms with E-state index in [-0.39, 0.29) is 0 Å². The highest BCUT2D eigenvalue weighted by atomic mass is 35.5. The zero-order valence-electron chi connectivity index (χ0n) is 9.68. The number of thioether (sulfide) groups is 1. The van der Waals surface area contributed by atoms with Crippen LogP contribution in [0, 0.1) is 0 Å². The summed E-state index contributed by atoms with van der Waals surface area (Å²) >= 11 is 7.36. The number of alkyl halides is 1. The maximum atomic E-state index is 5.60. The summed E-state index contributed by atoms with van der Waals surface area (Å²) in [4.78, 5) is 0. The maximum absolute atomic E-state index is 5.60. The molecule has 2 saturated carbocycles. The lowest BCUT2D eigenvalue weighted by Crippen LogP contribution is -2.01. The number of allylic oxidation sites excluding steroid dienone is 1. The van der Waals surface area contributed by atoms with Crippen LogP contribution in [0.2, 0.25) is 0 Å². The molecule has 0 aliphatic heterocycles. The Bertz CT molecular complexity index is 421. The molecule has 1 heterocycles. The van der Waals surface area contributed by atoms with Crippen LogP contribution in [-0.4, -0.2) is 26.4 Å². The van der Waals surface area contributed by atoms with Gasteiger partial charge in [-0.2, -0.15) is 0 Å². The van der Waals surface area contributed by atoms with Crippen LogP contribution >= 0.6 is 23.4 Å². The second kappa shape index (κ2) is 5.02. The molecule has 2 aliphatic rings. The van der Waals surface area contributed by atoms with Crippen molar-refractivity contribution in [2.75, 3.05) is 11.6 Å². The molecule has 0 unspecified atom stereocenters. The molecule has 2 aliphatic carbocycles. The summed E-state index contributed by atoms with van der Waals surface area (Å²) in [5.41, 5.74) is 0. The van der Waals surface area contributed by atoms with Crippen molar-refractivity contribution in [2.24, 2.45) is 0 Å². The second-order valence-corrected chi connectivity index (χ2v) is 5.95. The molecular formula is C12H16ClN3S. The molecule has 3 nitrogen and oxygen atoms in total. The Balaban J connectivity index is 1.72. The fraction of sp³-hybridized carbons (Fsp3) is 0.667. The van der Waals surface area contributed by atoms with Gasteiger partial charge in [0.25, 0.3) is 0 Å². The SMILES string of the molecule is ClCC=CCSc1nnc(C2CC2)n1C1CC1. The van der Waals surface area contributed by atoms with Gasteiger partial charge in [-0.15, -0.1) is 21.8 Å². The number of rotatable bonds is 6. The van der Waals surface area contributed by atoms with Crippen molar-refractivity contribution in [2.45, 2.75) is 42.8 Å². The zero-order valence-corrected chi connectivity index (χ0v) is 11.3. The van der Waals surface area contributed by atoms with Crippen LogP contribution in [0.1, 0.15) is 43.5 Å². The summed E-state index contributed by atoms with van der Waals surface area (Å²) in [6, 6.07) is 0.681. The highest BCUT2D eigenvalue weighted by Gasteiger charge is 2.36. The third-order valence-corrected chi connectivity index (χ3v) is 4.18. The van der Waals surface area contributed by atoms with Crippen molar-refractivity contribution in [3.05, 3.63) is 18.0 Å². The van der Waals surface area contributed by atoms with Crippen LogP contribution < -0.4 is 0 Å². The minimum absolute atomic E-state index is 0.587. The van der Waals surface area contributed by atoms with Crippen LogP contribution in [0.3, 0.4) is 0 Å². The minimum atomic E-state index is 0.587. The molecule has 3 rings (SSSR count). The van der Waals surface area contributed by atoms with Crippen molar-refractivity contribution >= 4 is 23.4 Å². The predicted octanol–water partition coefficient (Wildman–Crippen LogP) is 3.38. The van der Waals surface area contributed by atoms with Crippen LogP contribution in [0.5, 0.6) is 0 Å². The Kier molecular flexibility index (Phi) is 3.43. The van der Waals surface area contributed by atoms with E-state index in [0.29, 0.717) is 17.8 Å². The average molecular weight is 270 g/mol. The van der Waals surface area contributed by atoms with Crippen LogP contribution in [0.25, 0.3) is 0 Å². The van der Waals surface area contributed by atoms with E-state index < -0.39 is 0 Å². The number of halogens is 1. The molecule has 0 amide bonds. The van der Waals surface area contributed by atoms with E-state index >= 15 is 0 Å². The van der Waals surface area contributed by atoms with Crippen molar-refractivity contribution in [1.29, 1.82) is 0 Å². The molecule has 0 radical (unpaired) electrons.